The minimum atomic E-state index is 0.651. The Balaban J connectivity index is 1.59. The van der Waals surface area contributed by atoms with E-state index in [1.807, 2.05) is 0 Å². The van der Waals surface area contributed by atoms with Crippen LogP contribution >= 0.6 is 0 Å². The molecule has 0 radical (unpaired) electrons. The quantitative estimate of drug-likeness (QED) is 0.726. The molecule has 0 heterocycles. The third-order valence-electron chi connectivity index (χ3n) is 3.69. The van der Waals surface area contributed by atoms with E-state index in [2.05, 4.69) is 54.5 Å². The Morgan fingerprint density at radius 1 is 1.29 bits per heavy atom. The van der Waals surface area contributed by atoms with Crippen LogP contribution in [0.2, 0.25) is 0 Å². The van der Waals surface area contributed by atoms with Crippen molar-refractivity contribution in [2.24, 2.45) is 0 Å². The molecule has 0 spiro atoms. The van der Waals surface area contributed by atoms with Crippen molar-refractivity contribution >= 4 is 0 Å². The number of rotatable bonds is 7. The lowest BCUT2D eigenvalue weighted by atomic mass is 10.1. The van der Waals surface area contributed by atoms with Crippen LogP contribution in [-0.2, 0) is 6.42 Å². The predicted molar refractivity (Wildman–Crippen MR) is 73.3 cm³/mol. The second-order valence-electron chi connectivity index (χ2n) is 5.19. The molecule has 1 atom stereocenters. The van der Waals surface area contributed by atoms with Gasteiger partial charge in [0.2, 0.25) is 0 Å². The molecule has 0 aliphatic heterocycles. The fraction of sp³-hybridized carbons (Fsp3) is 0.600. The van der Waals surface area contributed by atoms with Gasteiger partial charge in [0.05, 0.1) is 0 Å². The van der Waals surface area contributed by atoms with E-state index in [0.29, 0.717) is 6.04 Å². The standard InChI is InChI=1S/C15H24N2/c1-13(17(2)15-8-9-15)12-16-11-10-14-6-4-3-5-7-14/h3-7,13,15-16H,8-12H2,1-2H3. The van der Waals surface area contributed by atoms with Crippen LogP contribution in [0, 0.1) is 0 Å². The van der Waals surface area contributed by atoms with Gasteiger partial charge in [-0.1, -0.05) is 30.3 Å². The van der Waals surface area contributed by atoms with Crippen LogP contribution in [0.4, 0.5) is 0 Å². The Hall–Kier alpha value is -0.860. The summed E-state index contributed by atoms with van der Waals surface area (Å²) in [5.74, 6) is 0. The van der Waals surface area contributed by atoms with Crippen molar-refractivity contribution in [3.8, 4) is 0 Å². The second-order valence-corrected chi connectivity index (χ2v) is 5.19. The molecule has 0 aromatic heterocycles. The van der Waals surface area contributed by atoms with E-state index in [1.165, 1.54) is 18.4 Å². The van der Waals surface area contributed by atoms with Crippen LogP contribution < -0.4 is 5.32 Å². The highest BCUT2D eigenvalue weighted by atomic mass is 15.2. The number of likely N-dealkylation sites (N-methyl/N-ethyl adjacent to an activating group) is 1. The Kier molecular flexibility index (Phi) is 4.57. The molecule has 1 aromatic carbocycles. The van der Waals surface area contributed by atoms with Crippen LogP contribution in [0.3, 0.4) is 0 Å². The molecule has 1 saturated carbocycles. The van der Waals surface area contributed by atoms with Crippen LogP contribution in [0.5, 0.6) is 0 Å². The normalized spacial score (nSPS) is 17.4. The summed E-state index contributed by atoms with van der Waals surface area (Å²) in [5, 5.41) is 3.56. The SMILES string of the molecule is CC(CNCCc1ccccc1)N(C)C1CC1. The van der Waals surface area contributed by atoms with Gasteiger partial charge in [-0.3, -0.25) is 4.90 Å². The fourth-order valence-electron chi connectivity index (χ4n) is 2.17. The first kappa shape index (κ1) is 12.6. The lowest BCUT2D eigenvalue weighted by molar-refractivity contribution is 0.241. The molecule has 1 unspecified atom stereocenters. The molecule has 2 heteroatoms. The predicted octanol–water partition coefficient (Wildman–Crippen LogP) is 2.30. The third-order valence-corrected chi connectivity index (χ3v) is 3.69. The van der Waals surface area contributed by atoms with Gasteiger partial charge in [-0.15, -0.1) is 0 Å². The van der Waals surface area contributed by atoms with E-state index in [0.717, 1.165) is 25.6 Å². The number of hydrogen-bond donors (Lipinski definition) is 1. The first-order chi connectivity index (χ1) is 8.27. The lowest BCUT2D eigenvalue weighted by Crippen LogP contribution is -2.39. The van der Waals surface area contributed by atoms with Gasteiger partial charge in [0, 0.05) is 18.6 Å². The highest BCUT2D eigenvalue weighted by molar-refractivity contribution is 5.14. The minimum Gasteiger partial charge on any atom is -0.315 e. The van der Waals surface area contributed by atoms with Crippen molar-refractivity contribution in [1.29, 1.82) is 0 Å². The summed E-state index contributed by atoms with van der Waals surface area (Å²) < 4.78 is 0. The van der Waals surface area contributed by atoms with Crippen molar-refractivity contribution in [3.63, 3.8) is 0 Å². The average molecular weight is 232 g/mol. The molecule has 94 valence electrons. The van der Waals surface area contributed by atoms with Crippen LogP contribution in [0.1, 0.15) is 25.3 Å². The fourth-order valence-corrected chi connectivity index (χ4v) is 2.17. The zero-order chi connectivity index (χ0) is 12.1. The molecule has 0 bridgehead atoms. The maximum Gasteiger partial charge on any atom is 0.0192 e. The van der Waals surface area contributed by atoms with Crippen LogP contribution in [0.15, 0.2) is 30.3 Å². The molecule has 0 amide bonds. The summed E-state index contributed by atoms with van der Waals surface area (Å²) >= 11 is 0. The van der Waals surface area contributed by atoms with Gasteiger partial charge >= 0.3 is 0 Å². The van der Waals surface area contributed by atoms with Crippen molar-refractivity contribution in [3.05, 3.63) is 35.9 Å². The van der Waals surface area contributed by atoms with Crippen molar-refractivity contribution in [2.45, 2.75) is 38.3 Å². The van der Waals surface area contributed by atoms with E-state index in [1.54, 1.807) is 0 Å². The van der Waals surface area contributed by atoms with Gasteiger partial charge in [-0.25, -0.2) is 0 Å². The molecular formula is C15H24N2. The zero-order valence-corrected chi connectivity index (χ0v) is 11.0. The van der Waals surface area contributed by atoms with E-state index < -0.39 is 0 Å². The molecule has 1 aliphatic carbocycles. The smallest absolute Gasteiger partial charge is 0.0192 e. The molecule has 1 aliphatic rings. The molecule has 0 saturated heterocycles. The lowest BCUT2D eigenvalue weighted by Gasteiger charge is -2.24. The summed E-state index contributed by atoms with van der Waals surface area (Å²) in [7, 11) is 2.25. The second kappa shape index (κ2) is 6.18. The first-order valence-electron chi connectivity index (χ1n) is 6.74. The van der Waals surface area contributed by atoms with Gasteiger partial charge in [0.15, 0.2) is 0 Å². The molecular weight excluding hydrogens is 208 g/mol. The van der Waals surface area contributed by atoms with Gasteiger partial charge in [-0.2, -0.15) is 0 Å². The summed E-state index contributed by atoms with van der Waals surface area (Å²) in [4.78, 5) is 2.51. The zero-order valence-electron chi connectivity index (χ0n) is 11.0. The van der Waals surface area contributed by atoms with E-state index in [4.69, 9.17) is 0 Å². The minimum absolute atomic E-state index is 0.651. The Labute approximate surface area is 105 Å². The molecule has 17 heavy (non-hydrogen) atoms. The average Bonchev–Trinajstić information content (AvgIpc) is 3.19. The monoisotopic (exact) mass is 232 g/mol. The van der Waals surface area contributed by atoms with Crippen LogP contribution in [0.25, 0.3) is 0 Å². The van der Waals surface area contributed by atoms with Crippen molar-refractivity contribution < 1.29 is 0 Å². The number of hydrogen-bond acceptors (Lipinski definition) is 2. The van der Waals surface area contributed by atoms with Gasteiger partial charge in [0.1, 0.15) is 0 Å². The van der Waals surface area contributed by atoms with Crippen molar-refractivity contribution in [2.75, 3.05) is 20.1 Å². The highest BCUT2D eigenvalue weighted by Crippen LogP contribution is 2.26. The molecule has 1 fully saturated rings. The van der Waals surface area contributed by atoms with Crippen LogP contribution in [-0.4, -0.2) is 37.1 Å². The summed E-state index contributed by atoms with van der Waals surface area (Å²) in [6.45, 7) is 4.49. The topological polar surface area (TPSA) is 15.3 Å². The van der Waals surface area contributed by atoms with E-state index >= 15 is 0 Å². The summed E-state index contributed by atoms with van der Waals surface area (Å²) in [6.07, 6.45) is 3.91. The highest BCUT2D eigenvalue weighted by Gasteiger charge is 2.28. The van der Waals surface area contributed by atoms with Gasteiger partial charge in [0.25, 0.3) is 0 Å². The number of nitrogens with one attached hydrogen (secondary N) is 1. The van der Waals surface area contributed by atoms with Gasteiger partial charge in [-0.05, 0) is 45.3 Å². The van der Waals surface area contributed by atoms with Crippen molar-refractivity contribution in [1.82, 2.24) is 10.2 Å². The molecule has 2 rings (SSSR count). The summed E-state index contributed by atoms with van der Waals surface area (Å²) in [5.41, 5.74) is 1.42. The Morgan fingerprint density at radius 2 is 2.00 bits per heavy atom. The van der Waals surface area contributed by atoms with Gasteiger partial charge < -0.3 is 5.32 Å². The Morgan fingerprint density at radius 3 is 2.65 bits per heavy atom. The molecule has 1 N–H and O–H groups in total. The molecule has 1 aromatic rings. The van der Waals surface area contributed by atoms with E-state index in [-0.39, 0.29) is 0 Å². The third kappa shape index (κ3) is 4.14. The van der Waals surface area contributed by atoms with E-state index in [9.17, 15) is 0 Å². The first-order valence-corrected chi connectivity index (χ1v) is 6.74. The molecule has 2 nitrogen and oxygen atoms in total. The number of nitrogens with zero attached hydrogens (tertiary/aromatic N) is 1. The largest absolute Gasteiger partial charge is 0.315 e. The maximum atomic E-state index is 3.56. The number of benzene rings is 1. The summed E-state index contributed by atoms with van der Waals surface area (Å²) in [6, 6.07) is 12.2. The maximum absolute atomic E-state index is 3.56. The Bertz CT molecular complexity index is 319.